The molecule has 1 N–H and O–H groups in total. The molecule has 0 spiro atoms. The standard InChI is InChI=1S/C14H15ClN2O2/c1-3-10-8-11(4-2)17(16-10)13-7-9(15)5-6-12(13)14(18)19/h5-8H,3-4H2,1-2H3,(H,18,19). The number of aromatic carboxylic acids is 1. The number of carbonyl (C=O) groups is 1. The summed E-state index contributed by atoms with van der Waals surface area (Å²) in [5, 5.41) is 14.2. The van der Waals surface area contributed by atoms with Crippen molar-refractivity contribution in [3.05, 3.63) is 46.2 Å². The first-order valence-electron chi connectivity index (χ1n) is 6.17. The van der Waals surface area contributed by atoms with Gasteiger partial charge in [-0.1, -0.05) is 25.4 Å². The number of aromatic nitrogens is 2. The van der Waals surface area contributed by atoms with Crippen molar-refractivity contribution in [2.45, 2.75) is 26.7 Å². The minimum atomic E-state index is -0.984. The first kappa shape index (κ1) is 13.6. The molecule has 0 radical (unpaired) electrons. The molecule has 1 heterocycles. The van der Waals surface area contributed by atoms with E-state index in [0.29, 0.717) is 10.7 Å². The van der Waals surface area contributed by atoms with Crippen molar-refractivity contribution in [3.63, 3.8) is 0 Å². The highest BCUT2D eigenvalue weighted by atomic mass is 35.5. The molecule has 0 amide bonds. The van der Waals surface area contributed by atoms with Crippen molar-refractivity contribution in [2.75, 3.05) is 0 Å². The average Bonchev–Trinajstić information content (AvgIpc) is 2.81. The number of aryl methyl sites for hydroxylation is 2. The number of rotatable bonds is 4. The van der Waals surface area contributed by atoms with Crippen molar-refractivity contribution in [2.24, 2.45) is 0 Å². The lowest BCUT2D eigenvalue weighted by molar-refractivity contribution is 0.0696. The lowest BCUT2D eigenvalue weighted by Gasteiger charge is -2.09. The van der Waals surface area contributed by atoms with Gasteiger partial charge in [-0.2, -0.15) is 5.10 Å². The minimum absolute atomic E-state index is 0.199. The third-order valence-corrected chi connectivity index (χ3v) is 3.21. The lowest BCUT2D eigenvalue weighted by Crippen LogP contribution is -2.09. The Balaban J connectivity index is 2.66. The van der Waals surface area contributed by atoms with Crippen molar-refractivity contribution < 1.29 is 9.90 Å². The molecule has 1 aromatic carbocycles. The molecule has 0 bridgehead atoms. The Morgan fingerprint density at radius 3 is 2.63 bits per heavy atom. The number of benzene rings is 1. The summed E-state index contributed by atoms with van der Waals surface area (Å²) in [6, 6.07) is 6.71. The number of hydrogen-bond acceptors (Lipinski definition) is 2. The van der Waals surface area contributed by atoms with Crippen LogP contribution in [0.2, 0.25) is 5.02 Å². The zero-order chi connectivity index (χ0) is 14.0. The topological polar surface area (TPSA) is 55.1 Å². The van der Waals surface area contributed by atoms with Gasteiger partial charge in [0.2, 0.25) is 0 Å². The van der Waals surface area contributed by atoms with Gasteiger partial charge in [0.15, 0.2) is 0 Å². The fraction of sp³-hybridized carbons (Fsp3) is 0.286. The fourth-order valence-corrected chi connectivity index (χ4v) is 2.14. The van der Waals surface area contributed by atoms with Crippen LogP contribution in [0.4, 0.5) is 0 Å². The Labute approximate surface area is 116 Å². The molecular formula is C14H15ClN2O2. The van der Waals surface area contributed by atoms with Crippen molar-refractivity contribution in [1.82, 2.24) is 9.78 Å². The van der Waals surface area contributed by atoms with Crippen LogP contribution in [-0.4, -0.2) is 20.9 Å². The zero-order valence-electron chi connectivity index (χ0n) is 10.9. The van der Waals surface area contributed by atoms with Crippen molar-refractivity contribution in [1.29, 1.82) is 0 Å². The molecule has 0 atom stereocenters. The number of halogens is 1. The van der Waals surface area contributed by atoms with E-state index >= 15 is 0 Å². The maximum atomic E-state index is 11.3. The van der Waals surface area contributed by atoms with Crippen LogP contribution in [0.15, 0.2) is 24.3 Å². The molecule has 0 unspecified atom stereocenters. The summed E-state index contributed by atoms with van der Waals surface area (Å²) in [4.78, 5) is 11.3. The van der Waals surface area contributed by atoms with Crippen LogP contribution in [0, 0.1) is 0 Å². The molecule has 5 heteroatoms. The SMILES string of the molecule is CCc1cc(CC)n(-c2cc(Cl)ccc2C(=O)O)n1. The first-order valence-corrected chi connectivity index (χ1v) is 6.55. The second kappa shape index (κ2) is 5.45. The van der Waals surface area contributed by atoms with E-state index in [1.165, 1.54) is 6.07 Å². The van der Waals surface area contributed by atoms with E-state index in [0.717, 1.165) is 24.2 Å². The van der Waals surface area contributed by atoms with E-state index in [2.05, 4.69) is 5.10 Å². The van der Waals surface area contributed by atoms with Gasteiger partial charge in [0, 0.05) is 10.7 Å². The van der Waals surface area contributed by atoms with E-state index in [-0.39, 0.29) is 5.56 Å². The zero-order valence-corrected chi connectivity index (χ0v) is 11.6. The van der Waals surface area contributed by atoms with E-state index in [4.69, 9.17) is 11.6 Å². The predicted octanol–water partition coefficient (Wildman–Crippen LogP) is 3.35. The first-order chi connectivity index (χ1) is 9.06. The second-order valence-corrected chi connectivity index (χ2v) is 4.65. The summed E-state index contributed by atoms with van der Waals surface area (Å²) in [7, 11) is 0. The molecule has 2 aromatic rings. The monoisotopic (exact) mass is 278 g/mol. The number of carboxylic acids is 1. The van der Waals surface area contributed by atoms with E-state index < -0.39 is 5.97 Å². The highest BCUT2D eigenvalue weighted by Gasteiger charge is 2.16. The highest BCUT2D eigenvalue weighted by Crippen LogP contribution is 2.22. The third kappa shape index (κ3) is 2.63. The van der Waals surface area contributed by atoms with Gasteiger partial charge in [0.25, 0.3) is 0 Å². The lowest BCUT2D eigenvalue weighted by atomic mass is 10.1. The van der Waals surface area contributed by atoms with Gasteiger partial charge in [-0.25, -0.2) is 9.48 Å². The molecule has 4 nitrogen and oxygen atoms in total. The Bertz CT molecular complexity index is 620. The molecule has 0 aliphatic rings. The molecule has 0 aliphatic heterocycles. The highest BCUT2D eigenvalue weighted by molar-refractivity contribution is 6.30. The van der Waals surface area contributed by atoms with Gasteiger partial charge in [0.05, 0.1) is 16.9 Å². The summed E-state index contributed by atoms with van der Waals surface area (Å²) < 4.78 is 1.67. The second-order valence-electron chi connectivity index (χ2n) is 4.21. The number of nitrogens with zero attached hydrogens (tertiary/aromatic N) is 2. The largest absolute Gasteiger partial charge is 0.478 e. The maximum Gasteiger partial charge on any atom is 0.337 e. The summed E-state index contributed by atoms with van der Waals surface area (Å²) >= 11 is 5.97. The van der Waals surface area contributed by atoms with Crippen molar-refractivity contribution >= 4 is 17.6 Å². The minimum Gasteiger partial charge on any atom is -0.478 e. The summed E-state index contributed by atoms with van der Waals surface area (Å²) in [6.45, 7) is 4.03. The fourth-order valence-electron chi connectivity index (χ4n) is 1.97. The van der Waals surface area contributed by atoms with Gasteiger partial charge >= 0.3 is 5.97 Å². The molecule has 0 saturated carbocycles. The molecule has 19 heavy (non-hydrogen) atoms. The van der Waals surface area contributed by atoms with Crippen molar-refractivity contribution in [3.8, 4) is 5.69 Å². The van der Waals surface area contributed by atoms with Gasteiger partial charge < -0.3 is 5.11 Å². The predicted molar refractivity (Wildman–Crippen MR) is 74.3 cm³/mol. The molecule has 2 rings (SSSR count). The smallest absolute Gasteiger partial charge is 0.337 e. The molecule has 0 fully saturated rings. The van der Waals surface area contributed by atoms with Gasteiger partial charge in [-0.3, -0.25) is 0 Å². The van der Waals surface area contributed by atoms with E-state index in [1.807, 2.05) is 19.9 Å². The van der Waals surface area contributed by atoms with Crippen LogP contribution in [0.25, 0.3) is 5.69 Å². The summed E-state index contributed by atoms with van der Waals surface area (Å²) in [5.41, 5.74) is 2.62. The normalized spacial score (nSPS) is 10.7. The number of hydrogen-bond donors (Lipinski definition) is 1. The summed E-state index contributed by atoms with van der Waals surface area (Å²) in [6.07, 6.45) is 1.58. The van der Waals surface area contributed by atoms with Crippen LogP contribution in [-0.2, 0) is 12.8 Å². The van der Waals surface area contributed by atoms with Crippen LogP contribution >= 0.6 is 11.6 Å². The van der Waals surface area contributed by atoms with E-state index in [9.17, 15) is 9.90 Å². The van der Waals surface area contributed by atoms with Crippen LogP contribution in [0.1, 0.15) is 35.6 Å². The third-order valence-electron chi connectivity index (χ3n) is 2.98. The van der Waals surface area contributed by atoms with E-state index in [1.54, 1.807) is 16.8 Å². The number of carboxylic acid groups (broad SMARTS) is 1. The van der Waals surface area contributed by atoms with Crippen LogP contribution in [0.3, 0.4) is 0 Å². The molecular weight excluding hydrogens is 264 g/mol. The maximum absolute atomic E-state index is 11.3. The van der Waals surface area contributed by atoms with Crippen LogP contribution in [0.5, 0.6) is 0 Å². The van der Waals surface area contributed by atoms with Gasteiger partial charge in [0.1, 0.15) is 0 Å². The molecule has 100 valence electrons. The summed E-state index contributed by atoms with van der Waals surface area (Å²) in [5.74, 6) is -0.984. The molecule has 1 aromatic heterocycles. The van der Waals surface area contributed by atoms with Gasteiger partial charge in [-0.15, -0.1) is 0 Å². The Morgan fingerprint density at radius 1 is 1.32 bits per heavy atom. The Hall–Kier alpha value is -1.81. The van der Waals surface area contributed by atoms with Crippen LogP contribution < -0.4 is 0 Å². The molecule has 0 saturated heterocycles. The average molecular weight is 279 g/mol. The Kier molecular flexibility index (Phi) is 3.90. The van der Waals surface area contributed by atoms with Gasteiger partial charge in [-0.05, 0) is 37.1 Å². The quantitative estimate of drug-likeness (QED) is 0.933. The molecule has 0 aliphatic carbocycles. The Morgan fingerprint density at radius 2 is 2.05 bits per heavy atom.